The molecule has 0 saturated carbocycles. The summed E-state index contributed by atoms with van der Waals surface area (Å²) in [6.45, 7) is 3.15. The number of hydrogen-bond acceptors (Lipinski definition) is 4. The number of piperidine rings is 1. The molecule has 0 aliphatic carbocycles. The van der Waals surface area contributed by atoms with Crippen LogP contribution >= 0.6 is 0 Å². The molecule has 0 aromatic heterocycles. The Morgan fingerprint density at radius 2 is 1.62 bits per heavy atom. The highest BCUT2D eigenvalue weighted by Gasteiger charge is 2.42. The van der Waals surface area contributed by atoms with E-state index in [2.05, 4.69) is 6.92 Å². The Bertz CT molecular complexity index is 811. The molecule has 6 nitrogen and oxygen atoms in total. The third-order valence-corrected chi connectivity index (χ3v) is 6.61. The average Bonchev–Trinajstić information content (AvgIpc) is 2.86. The van der Waals surface area contributed by atoms with Crippen molar-refractivity contribution in [3.63, 3.8) is 0 Å². The standard InChI is InChI=1S/C26H34N2O4/c1-2-3-10-21(19-28(32)20-29)25(30)27-17-15-24(16-18-27)26(31,22-11-6-4-7-12-22)23-13-8-5-9-14-23/h4-9,11-14,20-21,24,31-32H,2-3,10,15-19H2,1H3/t21-/m1/s1. The third-order valence-electron chi connectivity index (χ3n) is 6.61. The molecule has 2 amide bonds. The van der Waals surface area contributed by atoms with Crippen molar-refractivity contribution in [3.8, 4) is 0 Å². The van der Waals surface area contributed by atoms with Crippen LogP contribution in [0.5, 0.6) is 0 Å². The molecule has 3 rings (SSSR count). The normalized spacial score (nSPS) is 15.9. The van der Waals surface area contributed by atoms with Crippen LogP contribution in [0.3, 0.4) is 0 Å². The van der Waals surface area contributed by atoms with Crippen LogP contribution in [0.1, 0.15) is 50.2 Å². The Hall–Kier alpha value is -2.70. The van der Waals surface area contributed by atoms with Gasteiger partial charge in [0, 0.05) is 13.1 Å². The molecule has 172 valence electrons. The lowest BCUT2D eigenvalue weighted by atomic mass is 9.72. The highest BCUT2D eigenvalue weighted by atomic mass is 16.5. The van der Waals surface area contributed by atoms with E-state index in [1.54, 1.807) is 0 Å². The fourth-order valence-electron chi connectivity index (χ4n) is 4.81. The van der Waals surface area contributed by atoms with Gasteiger partial charge in [-0.3, -0.25) is 14.8 Å². The van der Waals surface area contributed by atoms with Crippen LogP contribution in [0.25, 0.3) is 0 Å². The second kappa shape index (κ2) is 11.2. The molecule has 1 heterocycles. The van der Waals surface area contributed by atoms with Crippen molar-refractivity contribution < 1.29 is 19.9 Å². The van der Waals surface area contributed by atoms with Crippen molar-refractivity contribution in [2.45, 2.75) is 44.6 Å². The summed E-state index contributed by atoms with van der Waals surface area (Å²) in [6.07, 6.45) is 4.13. The molecule has 2 N–H and O–H groups in total. The summed E-state index contributed by atoms with van der Waals surface area (Å²) in [5, 5.41) is 22.2. The summed E-state index contributed by atoms with van der Waals surface area (Å²) in [5.74, 6) is -0.473. The first kappa shape index (κ1) is 24.0. The fraction of sp³-hybridized carbons (Fsp3) is 0.462. The number of aliphatic hydroxyl groups is 1. The van der Waals surface area contributed by atoms with Gasteiger partial charge in [-0.15, -0.1) is 0 Å². The second-order valence-electron chi connectivity index (χ2n) is 8.66. The lowest BCUT2D eigenvalue weighted by Crippen LogP contribution is -2.48. The van der Waals surface area contributed by atoms with Crippen molar-refractivity contribution in [2.24, 2.45) is 11.8 Å². The molecule has 0 radical (unpaired) electrons. The minimum absolute atomic E-state index is 0.0141. The van der Waals surface area contributed by atoms with Gasteiger partial charge in [0.15, 0.2) is 0 Å². The maximum atomic E-state index is 13.2. The molecule has 0 spiro atoms. The number of amides is 2. The first-order valence-corrected chi connectivity index (χ1v) is 11.5. The largest absolute Gasteiger partial charge is 0.380 e. The number of rotatable bonds is 10. The number of benzene rings is 2. The molecular weight excluding hydrogens is 404 g/mol. The number of carbonyl (C=O) groups is 2. The van der Waals surface area contributed by atoms with E-state index in [-0.39, 0.29) is 18.4 Å². The van der Waals surface area contributed by atoms with E-state index in [1.165, 1.54) is 0 Å². The third kappa shape index (κ3) is 5.37. The van der Waals surface area contributed by atoms with Crippen LogP contribution in [0, 0.1) is 11.8 Å². The van der Waals surface area contributed by atoms with Crippen molar-refractivity contribution in [3.05, 3.63) is 71.8 Å². The molecule has 1 atom stereocenters. The van der Waals surface area contributed by atoms with Crippen LogP contribution in [0.2, 0.25) is 0 Å². The van der Waals surface area contributed by atoms with Gasteiger partial charge in [0.25, 0.3) is 0 Å². The van der Waals surface area contributed by atoms with Gasteiger partial charge in [-0.05, 0) is 36.3 Å². The first-order valence-electron chi connectivity index (χ1n) is 11.5. The van der Waals surface area contributed by atoms with Crippen molar-refractivity contribution >= 4 is 12.3 Å². The zero-order valence-electron chi connectivity index (χ0n) is 18.8. The van der Waals surface area contributed by atoms with Gasteiger partial charge in [-0.1, -0.05) is 80.4 Å². The number of hydroxylamine groups is 2. The summed E-state index contributed by atoms with van der Waals surface area (Å²) in [4.78, 5) is 25.8. The molecule has 2 aromatic carbocycles. The molecule has 32 heavy (non-hydrogen) atoms. The first-order chi connectivity index (χ1) is 15.5. The zero-order valence-corrected chi connectivity index (χ0v) is 18.8. The Balaban J connectivity index is 1.76. The summed E-state index contributed by atoms with van der Waals surface area (Å²) >= 11 is 0. The monoisotopic (exact) mass is 438 g/mol. The predicted molar refractivity (Wildman–Crippen MR) is 123 cm³/mol. The number of hydrogen-bond donors (Lipinski definition) is 2. The van der Waals surface area contributed by atoms with E-state index in [1.807, 2.05) is 65.6 Å². The minimum atomic E-state index is -1.13. The molecule has 1 aliphatic rings. The zero-order chi connectivity index (χ0) is 23.0. The minimum Gasteiger partial charge on any atom is -0.380 e. The fourth-order valence-corrected chi connectivity index (χ4v) is 4.81. The van der Waals surface area contributed by atoms with Gasteiger partial charge in [0.05, 0.1) is 12.5 Å². The molecule has 1 saturated heterocycles. The number of likely N-dealkylation sites (tertiary alicyclic amines) is 1. The molecular formula is C26H34N2O4. The smallest absolute Gasteiger partial charge is 0.233 e. The summed E-state index contributed by atoms with van der Waals surface area (Å²) in [6, 6.07) is 19.5. The lowest BCUT2D eigenvalue weighted by molar-refractivity contribution is -0.157. The predicted octanol–water partition coefficient (Wildman–Crippen LogP) is 3.82. The summed E-state index contributed by atoms with van der Waals surface area (Å²) < 4.78 is 0. The van der Waals surface area contributed by atoms with Gasteiger partial charge in [-0.25, -0.2) is 5.06 Å². The van der Waals surface area contributed by atoms with Gasteiger partial charge in [0.2, 0.25) is 12.3 Å². The summed E-state index contributed by atoms with van der Waals surface area (Å²) in [7, 11) is 0. The molecule has 0 unspecified atom stereocenters. The van der Waals surface area contributed by atoms with E-state index in [9.17, 15) is 19.9 Å². The molecule has 6 heteroatoms. The lowest BCUT2D eigenvalue weighted by Gasteiger charge is -2.43. The van der Waals surface area contributed by atoms with Gasteiger partial charge in [0.1, 0.15) is 5.60 Å². The number of unbranched alkanes of at least 4 members (excludes halogenated alkanes) is 1. The molecule has 2 aromatic rings. The van der Waals surface area contributed by atoms with E-state index in [4.69, 9.17) is 0 Å². The maximum Gasteiger partial charge on any atom is 0.233 e. The molecule has 1 fully saturated rings. The highest BCUT2D eigenvalue weighted by molar-refractivity contribution is 5.79. The number of nitrogens with zero attached hydrogens (tertiary/aromatic N) is 2. The quantitative estimate of drug-likeness (QED) is 0.336. The summed E-state index contributed by atoms with van der Waals surface area (Å²) in [5.41, 5.74) is 0.594. The van der Waals surface area contributed by atoms with Gasteiger partial charge in [-0.2, -0.15) is 0 Å². The topological polar surface area (TPSA) is 81.1 Å². The van der Waals surface area contributed by atoms with E-state index in [0.29, 0.717) is 43.8 Å². The Morgan fingerprint density at radius 3 is 2.09 bits per heavy atom. The van der Waals surface area contributed by atoms with Crippen molar-refractivity contribution in [1.82, 2.24) is 9.96 Å². The van der Waals surface area contributed by atoms with Gasteiger partial charge >= 0.3 is 0 Å². The molecule has 0 bridgehead atoms. The average molecular weight is 439 g/mol. The Labute approximate surface area is 190 Å². The maximum absolute atomic E-state index is 13.2. The van der Waals surface area contributed by atoms with Gasteiger partial charge < -0.3 is 10.0 Å². The molecule has 1 aliphatic heterocycles. The Kier molecular flexibility index (Phi) is 8.42. The van der Waals surface area contributed by atoms with E-state index >= 15 is 0 Å². The van der Waals surface area contributed by atoms with Crippen molar-refractivity contribution in [2.75, 3.05) is 19.6 Å². The number of carbonyl (C=O) groups excluding carboxylic acids is 2. The highest BCUT2D eigenvalue weighted by Crippen LogP contribution is 2.42. The van der Waals surface area contributed by atoms with Crippen molar-refractivity contribution in [1.29, 1.82) is 0 Å². The Morgan fingerprint density at radius 1 is 1.09 bits per heavy atom. The van der Waals surface area contributed by atoms with E-state index < -0.39 is 11.5 Å². The SMILES string of the molecule is CCCC[C@H](CN(O)C=O)C(=O)N1CCC(C(O)(c2ccccc2)c2ccccc2)CC1. The second-order valence-corrected chi connectivity index (χ2v) is 8.66. The van der Waals surface area contributed by atoms with E-state index in [0.717, 1.165) is 24.0 Å². The van der Waals surface area contributed by atoms with Crippen LogP contribution < -0.4 is 0 Å². The van der Waals surface area contributed by atoms with Crippen LogP contribution in [0.15, 0.2) is 60.7 Å². The van der Waals surface area contributed by atoms with Crippen LogP contribution in [-0.4, -0.2) is 52.2 Å². The van der Waals surface area contributed by atoms with Crippen LogP contribution in [-0.2, 0) is 15.2 Å². The van der Waals surface area contributed by atoms with Crippen LogP contribution in [0.4, 0.5) is 0 Å².